The Morgan fingerprint density at radius 3 is 2.10 bits per heavy atom. The van der Waals surface area contributed by atoms with E-state index in [-0.39, 0.29) is 5.92 Å². The number of allylic oxidation sites excluding steroid dienone is 1. The fourth-order valence-electron chi connectivity index (χ4n) is 9.82. The summed E-state index contributed by atoms with van der Waals surface area (Å²) in [7, 11) is 0. The molecule has 1 unspecified atom stereocenters. The Labute approximate surface area is 361 Å². The largest absolute Gasteiger partial charge is 0.456 e. The van der Waals surface area contributed by atoms with E-state index >= 15 is 0 Å². The summed E-state index contributed by atoms with van der Waals surface area (Å²) in [5.41, 5.74) is 10.0. The average molecular weight is 812 g/mol. The van der Waals surface area contributed by atoms with Crippen LogP contribution in [0.3, 0.4) is 0 Å². The van der Waals surface area contributed by atoms with Crippen molar-refractivity contribution in [2.45, 2.75) is 13.3 Å². The maximum Gasteiger partial charge on any atom is 0.160 e. The van der Waals surface area contributed by atoms with Gasteiger partial charge in [0.05, 0.1) is 28.1 Å². The van der Waals surface area contributed by atoms with E-state index in [2.05, 4.69) is 193 Å². The van der Waals surface area contributed by atoms with Crippen molar-refractivity contribution in [1.29, 1.82) is 0 Å². The summed E-state index contributed by atoms with van der Waals surface area (Å²) < 4.78 is 11.7. The molecular formula is C57H37N3OS. The molecule has 0 saturated heterocycles. The molecule has 0 amide bonds. The van der Waals surface area contributed by atoms with Crippen LogP contribution < -0.4 is 0 Å². The van der Waals surface area contributed by atoms with E-state index in [1.54, 1.807) is 0 Å². The average Bonchev–Trinajstić information content (AvgIpc) is 3.98. The van der Waals surface area contributed by atoms with Crippen LogP contribution in [0.1, 0.15) is 30.0 Å². The molecule has 0 aliphatic carbocycles. The summed E-state index contributed by atoms with van der Waals surface area (Å²) in [5, 5.41) is 11.8. The number of fused-ring (bicyclic) bond motifs is 11. The Balaban J connectivity index is 1.10. The Morgan fingerprint density at radius 2 is 1.21 bits per heavy atom. The van der Waals surface area contributed by atoms with E-state index in [0.717, 1.165) is 84.0 Å². The summed E-state index contributed by atoms with van der Waals surface area (Å²) in [5.74, 6) is 0.777. The van der Waals surface area contributed by atoms with Crippen molar-refractivity contribution in [2.75, 3.05) is 0 Å². The zero-order chi connectivity index (χ0) is 40.9. The molecule has 0 radical (unpaired) electrons. The summed E-state index contributed by atoms with van der Waals surface area (Å²) in [6, 6.07) is 65.6. The first-order chi connectivity index (χ1) is 30.6. The van der Waals surface area contributed by atoms with Crippen molar-refractivity contribution in [2.24, 2.45) is 15.9 Å². The quantitative estimate of drug-likeness (QED) is 0.175. The first-order valence-corrected chi connectivity index (χ1v) is 22.1. The third-order valence-corrected chi connectivity index (χ3v) is 14.0. The highest BCUT2D eigenvalue weighted by molar-refractivity contribution is 7.25. The lowest BCUT2D eigenvalue weighted by Gasteiger charge is -2.21. The van der Waals surface area contributed by atoms with Crippen LogP contribution in [0, 0.1) is 5.92 Å². The van der Waals surface area contributed by atoms with E-state index in [4.69, 9.17) is 14.4 Å². The van der Waals surface area contributed by atoms with Gasteiger partial charge in [0.2, 0.25) is 0 Å². The van der Waals surface area contributed by atoms with Crippen molar-refractivity contribution < 1.29 is 4.42 Å². The first kappa shape index (κ1) is 35.2. The van der Waals surface area contributed by atoms with Gasteiger partial charge in [-0.2, -0.15) is 0 Å². The molecule has 62 heavy (non-hydrogen) atoms. The summed E-state index contributed by atoms with van der Waals surface area (Å²) >= 11 is 1.84. The van der Waals surface area contributed by atoms with E-state index in [9.17, 15) is 0 Å². The van der Waals surface area contributed by atoms with Crippen LogP contribution >= 0.6 is 11.3 Å². The molecule has 0 N–H and O–H groups in total. The van der Waals surface area contributed by atoms with Gasteiger partial charge in [-0.3, -0.25) is 0 Å². The number of nitrogens with zero attached hydrogens (tertiary/aromatic N) is 3. The van der Waals surface area contributed by atoms with Gasteiger partial charge < -0.3 is 8.98 Å². The van der Waals surface area contributed by atoms with Gasteiger partial charge in [0.1, 0.15) is 11.2 Å². The van der Waals surface area contributed by atoms with Crippen molar-refractivity contribution in [3.8, 4) is 5.69 Å². The fraction of sp³-hybridized carbons (Fsp3) is 0.0526. The predicted molar refractivity (Wildman–Crippen MR) is 264 cm³/mol. The lowest BCUT2D eigenvalue weighted by atomic mass is 9.92. The smallest absolute Gasteiger partial charge is 0.160 e. The molecule has 12 aromatic rings. The van der Waals surface area contributed by atoms with Gasteiger partial charge in [-0.25, -0.2) is 9.98 Å². The second-order valence-corrected chi connectivity index (χ2v) is 17.6. The monoisotopic (exact) mass is 811 g/mol. The number of benzene rings is 9. The molecule has 1 aliphatic heterocycles. The molecular weight excluding hydrogens is 775 g/mol. The minimum absolute atomic E-state index is 0.0887. The maximum absolute atomic E-state index is 6.66. The molecule has 0 spiro atoms. The number of hydrogen-bond acceptors (Lipinski definition) is 4. The number of rotatable bonds is 4. The highest BCUT2D eigenvalue weighted by atomic mass is 32.1. The van der Waals surface area contributed by atoms with Gasteiger partial charge in [0.25, 0.3) is 0 Å². The van der Waals surface area contributed by atoms with Crippen LogP contribution in [-0.2, 0) is 0 Å². The van der Waals surface area contributed by atoms with Crippen molar-refractivity contribution in [1.82, 2.24) is 4.57 Å². The zero-order valence-electron chi connectivity index (χ0n) is 33.8. The van der Waals surface area contributed by atoms with Crippen molar-refractivity contribution in [3.63, 3.8) is 0 Å². The van der Waals surface area contributed by atoms with E-state index < -0.39 is 0 Å². The second kappa shape index (κ2) is 13.7. The third-order valence-electron chi connectivity index (χ3n) is 12.8. The predicted octanol–water partition coefficient (Wildman–Crippen LogP) is 15.7. The standard InChI is InChI=1S/C57H37N3OS/c1-34-25-27-48(58-57(43-21-12-16-35-13-4-5-17-39(35)43)59-56(34)38-26-28-55-46(30-38)42-20-8-11-24-54(42)62-55)47-33-53-45(41-19-7-10-23-52(41)61-53)32-51(47)60-49-22-9-6-18-40(49)44-29-36-14-2-3-15-37(36)31-50(44)60/h2-24,26-34H,25H2,1H3/b48-27+,58-57-,59-56+. The van der Waals surface area contributed by atoms with Crippen LogP contribution in [0.5, 0.6) is 0 Å². The first-order valence-electron chi connectivity index (χ1n) is 21.3. The van der Waals surface area contributed by atoms with Crippen molar-refractivity contribution >= 4 is 114 Å². The third kappa shape index (κ3) is 5.45. The number of thiophene rings is 1. The Bertz CT molecular complexity index is 3930. The van der Waals surface area contributed by atoms with Gasteiger partial charge in [-0.15, -0.1) is 11.3 Å². The molecule has 4 nitrogen and oxygen atoms in total. The molecule has 0 saturated carbocycles. The van der Waals surface area contributed by atoms with Gasteiger partial charge in [-0.1, -0.05) is 140 Å². The molecule has 1 atom stereocenters. The van der Waals surface area contributed by atoms with Gasteiger partial charge in [-0.05, 0) is 88.1 Å². The lowest BCUT2D eigenvalue weighted by molar-refractivity contribution is 0.668. The number of hydrogen-bond donors (Lipinski definition) is 0. The second-order valence-electron chi connectivity index (χ2n) is 16.5. The van der Waals surface area contributed by atoms with E-state index in [0.29, 0.717) is 5.84 Å². The van der Waals surface area contributed by atoms with Crippen molar-refractivity contribution in [3.05, 3.63) is 205 Å². The van der Waals surface area contributed by atoms with E-state index in [1.807, 2.05) is 17.4 Å². The molecule has 292 valence electrons. The molecule has 13 rings (SSSR count). The van der Waals surface area contributed by atoms with Crippen LogP contribution in [0.15, 0.2) is 202 Å². The van der Waals surface area contributed by atoms with Crippen LogP contribution in [0.2, 0.25) is 0 Å². The number of aliphatic imine (C=N–C) groups is 2. The fourth-order valence-corrected chi connectivity index (χ4v) is 10.9. The van der Waals surface area contributed by atoms with Gasteiger partial charge >= 0.3 is 0 Å². The molecule has 0 fully saturated rings. The Hall–Kier alpha value is -7.60. The molecule has 1 aliphatic rings. The number of furan rings is 1. The Kier molecular flexibility index (Phi) is 7.78. The number of para-hydroxylation sites is 2. The summed E-state index contributed by atoms with van der Waals surface area (Å²) in [4.78, 5) is 11.4. The van der Waals surface area contributed by atoms with Gasteiger partial charge in [0, 0.05) is 58.8 Å². The SMILES string of the molecule is CC1C/C=C(c2cc3oc4ccccc4c3cc2-n2c3ccccc3c3cc4ccccc4cc32)/N=C(c2cccc3ccccc23)\N=C/1c1ccc2sc3ccccc3c2c1. The minimum atomic E-state index is 0.0887. The van der Waals surface area contributed by atoms with Crippen LogP contribution in [0.25, 0.3) is 96.8 Å². The number of aromatic nitrogens is 1. The van der Waals surface area contributed by atoms with Crippen LogP contribution in [0.4, 0.5) is 0 Å². The molecule has 4 heterocycles. The molecule has 0 bridgehead atoms. The molecule has 9 aromatic carbocycles. The van der Waals surface area contributed by atoms with E-state index in [1.165, 1.54) is 41.7 Å². The zero-order valence-corrected chi connectivity index (χ0v) is 34.7. The highest BCUT2D eigenvalue weighted by Crippen LogP contribution is 2.42. The molecule has 3 aromatic heterocycles. The normalized spacial score (nSPS) is 17.4. The Morgan fingerprint density at radius 1 is 0.500 bits per heavy atom. The maximum atomic E-state index is 6.66. The minimum Gasteiger partial charge on any atom is -0.456 e. The topological polar surface area (TPSA) is 42.8 Å². The molecule has 5 heteroatoms. The number of amidine groups is 1. The van der Waals surface area contributed by atoms with Crippen LogP contribution in [-0.4, -0.2) is 16.1 Å². The summed E-state index contributed by atoms with van der Waals surface area (Å²) in [6.07, 6.45) is 3.08. The lowest BCUT2D eigenvalue weighted by Crippen LogP contribution is -2.17. The summed E-state index contributed by atoms with van der Waals surface area (Å²) in [6.45, 7) is 2.30. The van der Waals surface area contributed by atoms with Gasteiger partial charge in [0.15, 0.2) is 5.84 Å². The highest BCUT2D eigenvalue weighted by Gasteiger charge is 2.24.